The molecule has 1 amide bonds. The number of amides is 1. The molecule has 2 unspecified atom stereocenters. The van der Waals surface area contributed by atoms with Crippen molar-refractivity contribution in [2.75, 3.05) is 26.2 Å². The van der Waals surface area contributed by atoms with Gasteiger partial charge in [0.2, 0.25) is 0 Å². The van der Waals surface area contributed by atoms with E-state index in [9.17, 15) is 14.7 Å². The summed E-state index contributed by atoms with van der Waals surface area (Å²) in [6, 6.07) is 0.526. The Labute approximate surface area is 152 Å². The van der Waals surface area contributed by atoms with E-state index >= 15 is 0 Å². The van der Waals surface area contributed by atoms with Crippen LogP contribution in [0.3, 0.4) is 0 Å². The Bertz CT molecular complexity index is 737. The third-order valence-electron chi connectivity index (χ3n) is 6.94. The van der Waals surface area contributed by atoms with E-state index in [1.807, 2.05) is 0 Å². The number of carboxylic acids is 1. The predicted molar refractivity (Wildman–Crippen MR) is 91.8 cm³/mol. The quantitative estimate of drug-likeness (QED) is 0.884. The summed E-state index contributed by atoms with van der Waals surface area (Å²) in [6.07, 6.45) is 8.25. The van der Waals surface area contributed by atoms with E-state index in [1.54, 1.807) is 4.90 Å². The maximum atomic E-state index is 13.0. The van der Waals surface area contributed by atoms with E-state index in [-0.39, 0.29) is 18.4 Å². The number of carbonyl (C=O) groups excluding carboxylic acids is 1. The Balaban J connectivity index is 1.36. The van der Waals surface area contributed by atoms with Gasteiger partial charge in [-0.3, -0.25) is 14.5 Å². The lowest BCUT2D eigenvalue weighted by Gasteiger charge is -2.28. The molecule has 2 aliphatic heterocycles. The molecule has 4 fully saturated rings. The second-order valence-corrected chi connectivity index (χ2v) is 8.55. The van der Waals surface area contributed by atoms with Crippen LogP contribution in [0, 0.1) is 11.3 Å². The lowest BCUT2D eigenvalue weighted by Crippen LogP contribution is -2.43. The van der Waals surface area contributed by atoms with E-state index in [0.717, 1.165) is 19.4 Å². The number of likely N-dealkylation sites (tertiary alicyclic amines) is 2. The number of hydrogen-bond donors (Lipinski definition) is 1. The summed E-state index contributed by atoms with van der Waals surface area (Å²) in [7, 11) is 0. The molecule has 26 heavy (non-hydrogen) atoms. The topological polar surface area (TPSA) is 86.9 Å². The van der Waals surface area contributed by atoms with Crippen LogP contribution in [0.5, 0.6) is 0 Å². The number of aliphatic carboxylic acids is 1. The maximum Gasteiger partial charge on any atom is 0.313 e. The van der Waals surface area contributed by atoms with Gasteiger partial charge in [0.05, 0.1) is 0 Å². The largest absolute Gasteiger partial charge is 0.481 e. The van der Waals surface area contributed by atoms with Crippen molar-refractivity contribution >= 4 is 11.9 Å². The van der Waals surface area contributed by atoms with Crippen LogP contribution in [0.2, 0.25) is 0 Å². The molecule has 7 heteroatoms. The molecule has 2 saturated carbocycles. The highest BCUT2D eigenvalue weighted by atomic mass is 16.4. The highest BCUT2D eigenvalue weighted by Gasteiger charge is 2.59. The number of fused-ring (bicyclic) bond motifs is 1. The molecule has 4 aliphatic rings. The van der Waals surface area contributed by atoms with Crippen LogP contribution in [0.4, 0.5) is 0 Å². The van der Waals surface area contributed by atoms with Crippen molar-refractivity contribution in [3.05, 3.63) is 17.8 Å². The number of rotatable bonds is 4. The molecular weight excluding hydrogens is 334 g/mol. The van der Waals surface area contributed by atoms with Gasteiger partial charge in [-0.25, -0.2) is 4.98 Å². The molecule has 0 spiro atoms. The van der Waals surface area contributed by atoms with Crippen LogP contribution in [0.15, 0.2) is 10.8 Å². The van der Waals surface area contributed by atoms with E-state index in [2.05, 4.69) is 9.88 Å². The van der Waals surface area contributed by atoms with Crippen molar-refractivity contribution < 1.29 is 19.1 Å². The molecule has 2 atom stereocenters. The van der Waals surface area contributed by atoms with Crippen molar-refractivity contribution in [3.63, 3.8) is 0 Å². The fourth-order valence-electron chi connectivity index (χ4n) is 5.31. The van der Waals surface area contributed by atoms with Gasteiger partial charge in [0, 0.05) is 44.1 Å². The van der Waals surface area contributed by atoms with E-state index in [4.69, 9.17) is 4.42 Å². The first kappa shape index (κ1) is 16.3. The molecule has 1 N–H and O–H groups in total. The summed E-state index contributed by atoms with van der Waals surface area (Å²) >= 11 is 0. The number of nitrogens with zero attached hydrogens (tertiary/aromatic N) is 3. The summed E-state index contributed by atoms with van der Waals surface area (Å²) in [6.45, 7) is 2.14. The minimum absolute atomic E-state index is 0.000765. The fourth-order valence-corrected chi connectivity index (χ4v) is 5.31. The summed E-state index contributed by atoms with van der Waals surface area (Å²) in [4.78, 5) is 33.4. The molecule has 0 aromatic carbocycles. The molecule has 2 saturated heterocycles. The van der Waals surface area contributed by atoms with Gasteiger partial charge in [0.25, 0.3) is 5.91 Å². The predicted octanol–water partition coefficient (Wildman–Crippen LogP) is 1.95. The second kappa shape index (κ2) is 5.81. The summed E-state index contributed by atoms with van der Waals surface area (Å²) < 4.78 is 5.44. The number of carbonyl (C=O) groups is 2. The van der Waals surface area contributed by atoms with Crippen LogP contribution in [-0.2, 0) is 4.79 Å². The van der Waals surface area contributed by atoms with Crippen LogP contribution in [-0.4, -0.2) is 64.0 Å². The van der Waals surface area contributed by atoms with Gasteiger partial charge < -0.3 is 14.4 Å². The zero-order chi connectivity index (χ0) is 17.9. The molecule has 1 aromatic heterocycles. The smallest absolute Gasteiger partial charge is 0.313 e. The highest BCUT2D eigenvalue weighted by Crippen LogP contribution is 2.46. The SMILES string of the molecule is O=C(c1ncoc1C1CC1)N1CC2CN(C3CCCC3)CC2(C(=O)O)C1. The first-order valence-corrected chi connectivity index (χ1v) is 9.78. The third-order valence-corrected chi connectivity index (χ3v) is 6.94. The first-order chi connectivity index (χ1) is 12.6. The zero-order valence-corrected chi connectivity index (χ0v) is 14.9. The second-order valence-electron chi connectivity index (χ2n) is 8.55. The monoisotopic (exact) mass is 359 g/mol. The average molecular weight is 359 g/mol. The molecule has 140 valence electrons. The Hall–Kier alpha value is -1.89. The first-order valence-electron chi connectivity index (χ1n) is 9.78. The van der Waals surface area contributed by atoms with Crippen molar-refractivity contribution in [1.82, 2.24) is 14.8 Å². The molecule has 0 bridgehead atoms. The van der Waals surface area contributed by atoms with Crippen LogP contribution < -0.4 is 0 Å². The fraction of sp³-hybridized carbons (Fsp3) is 0.737. The molecule has 2 aliphatic carbocycles. The number of hydrogen-bond acceptors (Lipinski definition) is 5. The Morgan fingerprint density at radius 3 is 2.58 bits per heavy atom. The van der Waals surface area contributed by atoms with Crippen LogP contribution in [0.1, 0.15) is 60.7 Å². The molecule has 3 heterocycles. The summed E-state index contributed by atoms with van der Waals surface area (Å²) in [5.41, 5.74) is -0.442. The average Bonchev–Trinajstić information content (AvgIpc) is 3.06. The van der Waals surface area contributed by atoms with Crippen molar-refractivity contribution in [2.45, 2.75) is 50.5 Å². The third kappa shape index (κ3) is 2.40. The van der Waals surface area contributed by atoms with Gasteiger partial charge in [-0.2, -0.15) is 0 Å². The number of aromatic nitrogens is 1. The maximum absolute atomic E-state index is 13.0. The van der Waals surface area contributed by atoms with E-state index in [1.165, 1.54) is 32.1 Å². The normalized spacial score (nSPS) is 32.3. The molecule has 0 radical (unpaired) electrons. The van der Waals surface area contributed by atoms with Crippen molar-refractivity contribution in [2.24, 2.45) is 11.3 Å². The Morgan fingerprint density at radius 1 is 1.15 bits per heavy atom. The lowest BCUT2D eigenvalue weighted by atomic mass is 9.81. The molecule has 5 rings (SSSR count). The molecule has 1 aromatic rings. The Kier molecular flexibility index (Phi) is 3.64. The van der Waals surface area contributed by atoms with Gasteiger partial charge in [-0.1, -0.05) is 12.8 Å². The summed E-state index contributed by atoms with van der Waals surface area (Å²) in [5, 5.41) is 10.0. The van der Waals surface area contributed by atoms with E-state index in [0.29, 0.717) is 36.5 Å². The van der Waals surface area contributed by atoms with Gasteiger partial charge in [-0.15, -0.1) is 0 Å². The van der Waals surface area contributed by atoms with Crippen LogP contribution >= 0.6 is 0 Å². The van der Waals surface area contributed by atoms with Gasteiger partial charge in [0.1, 0.15) is 11.2 Å². The van der Waals surface area contributed by atoms with E-state index < -0.39 is 11.4 Å². The Morgan fingerprint density at radius 2 is 1.92 bits per heavy atom. The minimum atomic E-state index is -0.832. The highest BCUT2D eigenvalue weighted by molar-refractivity contribution is 5.94. The number of carboxylic acid groups (broad SMARTS) is 1. The van der Waals surface area contributed by atoms with Crippen molar-refractivity contribution in [1.29, 1.82) is 0 Å². The van der Waals surface area contributed by atoms with Gasteiger partial charge in [0.15, 0.2) is 12.1 Å². The molecule has 7 nitrogen and oxygen atoms in total. The molecular formula is C19H25N3O4. The summed E-state index contributed by atoms with van der Waals surface area (Å²) in [5.74, 6) is 0.0682. The lowest BCUT2D eigenvalue weighted by molar-refractivity contribution is -0.148. The van der Waals surface area contributed by atoms with Crippen molar-refractivity contribution in [3.8, 4) is 0 Å². The van der Waals surface area contributed by atoms with Gasteiger partial charge in [-0.05, 0) is 25.7 Å². The minimum Gasteiger partial charge on any atom is -0.481 e. The standard InChI is InChI=1S/C19H25N3O4/c23-17(15-16(12-5-6-12)26-11-20-15)22-8-13-7-21(14-3-1-2-4-14)9-19(13,10-22)18(24)25/h11-14H,1-10H2,(H,24,25). The zero-order valence-electron chi connectivity index (χ0n) is 14.9. The van der Waals surface area contributed by atoms with Gasteiger partial charge >= 0.3 is 5.97 Å². The number of oxazole rings is 1. The van der Waals surface area contributed by atoms with Crippen LogP contribution in [0.25, 0.3) is 0 Å².